The van der Waals surface area contributed by atoms with Gasteiger partial charge in [0, 0.05) is 12.6 Å². The summed E-state index contributed by atoms with van der Waals surface area (Å²) in [4.78, 5) is 15.9. The van der Waals surface area contributed by atoms with Gasteiger partial charge in [-0.15, -0.1) is 0 Å². The number of hydrogen-bond donors (Lipinski definition) is 0. The molecule has 1 aromatic rings. The average molecular weight is 216 g/mol. The van der Waals surface area contributed by atoms with E-state index in [0.717, 1.165) is 6.42 Å². The SMILES string of the molecule is CCC(C)CC(=O)C(C#N)c1ccccn1. The van der Waals surface area contributed by atoms with E-state index in [1.165, 1.54) is 0 Å². The van der Waals surface area contributed by atoms with Gasteiger partial charge in [-0.1, -0.05) is 26.3 Å². The highest BCUT2D eigenvalue weighted by molar-refractivity contribution is 5.88. The maximum atomic E-state index is 11.9. The van der Waals surface area contributed by atoms with Crippen LogP contribution in [0.3, 0.4) is 0 Å². The predicted molar refractivity (Wildman–Crippen MR) is 61.7 cm³/mol. The molecule has 0 aliphatic rings. The zero-order valence-corrected chi connectivity index (χ0v) is 9.68. The molecule has 0 fully saturated rings. The van der Waals surface area contributed by atoms with Crippen LogP contribution in [0.25, 0.3) is 0 Å². The zero-order chi connectivity index (χ0) is 12.0. The lowest BCUT2D eigenvalue weighted by molar-refractivity contribution is -0.120. The summed E-state index contributed by atoms with van der Waals surface area (Å²) >= 11 is 0. The monoisotopic (exact) mass is 216 g/mol. The van der Waals surface area contributed by atoms with E-state index in [4.69, 9.17) is 5.26 Å². The number of ketones is 1. The maximum absolute atomic E-state index is 11.9. The topological polar surface area (TPSA) is 53.8 Å². The van der Waals surface area contributed by atoms with Crippen LogP contribution in [-0.2, 0) is 4.79 Å². The van der Waals surface area contributed by atoms with Crippen LogP contribution >= 0.6 is 0 Å². The summed E-state index contributed by atoms with van der Waals surface area (Å²) in [5, 5.41) is 9.02. The second-order valence-electron chi connectivity index (χ2n) is 4.00. The Morgan fingerprint density at radius 1 is 1.56 bits per heavy atom. The summed E-state index contributed by atoms with van der Waals surface area (Å²) in [6, 6.07) is 7.33. The van der Waals surface area contributed by atoms with Gasteiger partial charge >= 0.3 is 0 Å². The summed E-state index contributed by atoms with van der Waals surface area (Å²) in [5.74, 6) is -0.419. The number of nitrogens with zero attached hydrogens (tertiary/aromatic N) is 2. The second kappa shape index (κ2) is 6.02. The Hall–Kier alpha value is -1.69. The van der Waals surface area contributed by atoms with Crippen LogP contribution in [0.15, 0.2) is 24.4 Å². The lowest BCUT2D eigenvalue weighted by Crippen LogP contribution is -2.15. The molecule has 0 bridgehead atoms. The zero-order valence-electron chi connectivity index (χ0n) is 9.68. The van der Waals surface area contributed by atoms with Gasteiger partial charge in [-0.3, -0.25) is 9.78 Å². The van der Waals surface area contributed by atoms with Gasteiger partial charge in [0.25, 0.3) is 0 Å². The number of aromatic nitrogens is 1. The standard InChI is InChI=1S/C13H16N2O/c1-3-10(2)8-13(16)11(9-14)12-6-4-5-7-15-12/h4-7,10-11H,3,8H2,1-2H3. The smallest absolute Gasteiger partial charge is 0.156 e. The first-order valence-corrected chi connectivity index (χ1v) is 5.52. The number of pyridine rings is 1. The average Bonchev–Trinajstić information content (AvgIpc) is 2.31. The number of nitriles is 1. The van der Waals surface area contributed by atoms with Crippen molar-refractivity contribution in [2.24, 2.45) is 5.92 Å². The maximum Gasteiger partial charge on any atom is 0.156 e. The summed E-state index contributed by atoms with van der Waals surface area (Å²) in [5.41, 5.74) is 0.554. The Kier molecular flexibility index (Phi) is 4.65. The van der Waals surface area contributed by atoms with Crippen molar-refractivity contribution in [1.29, 1.82) is 5.26 Å². The van der Waals surface area contributed by atoms with Gasteiger partial charge in [0.1, 0.15) is 5.92 Å². The molecule has 3 nitrogen and oxygen atoms in total. The Balaban J connectivity index is 2.77. The van der Waals surface area contributed by atoms with Crippen molar-refractivity contribution in [2.45, 2.75) is 32.6 Å². The van der Waals surface area contributed by atoms with Gasteiger partial charge in [0.15, 0.2) is 5.78 Å². The third-order valence-corrected chi connectivity index (χ3v) is 2.68. The molecular formula is C13H16N2O. The Bertz CT molecular complexity index is 381. The van der Waals surface area contributed by atoms with E-state index in [1.807, 2.05) is 19.9 Å². The highest BCUT2D eigenvalue weighted by atomic mass is 16.1. The van der Waals surface area contributed by atoms with Gasteiger partial charge in [0.05, 0.1) is 11.8 Å². The molecule has 0 N–H and O–H groups in total. The van der Waals surface area contributed by atoms with Crippen LogP contribution < -0.4 is 0 Å². The van der Waals surface area contributed by atoms with Crippen molar-refractivity contribution in [3.05, 3.63) is 30.1 Å². The number of rotatable bonds is 5. The van der Waals surface area contributed by atoms with Crippen LogP contribution in [-0.4, -0.2) is 10.8 Å². The Labute approximate surface area is 96.1 Å². The number of carbonyl (C=O) groups is 1. The molecule has 1 aromatic heterocycles. The molecule has 0 aliphatic carbocycles. The fraction of sp³-hybridized carbons (Fsp3) is 0.462. The largest absolute Gasteiger partial charge is 0.298 e. The van der Waals surface area contributed by atoms with E-state index in [9.17, 15) is 4.79 Å². The van der Waals surface area contributed by atoms with Crippen LogP contribution in [0.1, 0.15) is 38.3 Å². The van der Waals surface area contributed by atoms with Crippen LogP contribution in [0, 0.1) is 17.2 Å². The molecule has 3 heteroatoms. The molecule has 0 spiro atoms. The molecule has 2 atom stereocenters. The van der Waals surface area contributed by atoms with Gasteiger partial charge < -0.3 is 0 Å². The summed E-state index contributed by atoms with van der Waals surface area (Å²) in [6.07, 6.45) is 3.01. The van der Waals surface area contributed by atoms with Gasteiger partial charge in [0.2, 0.25) is 0 Å². The molecule has 0 amide bonds. The first kappa shape index (κ1) is 12.4. The fourth-order valence-corrected chi connectivity index (χ4v) is 1.46. The van der Waals surface area contributed by atoms with Crippen molar-refractivity contribution < 1.29 is 4.79 Å². The second-order valence-corrected chi connectivity index (χ2v) is 4.00. The molecule has 1 heterocycles. The Morgan fingerprint density at radius 3 is 2.81 bits per heavy atom. The minimum absolute atomic E-state index is 0.0319. The number of carbonyl (C=O) groups excluding carboxylic acids is 1. The number of Topliss-reactive ketones (excluding diaryl/α,β-unsaturated/α-hetero) is 1. The Morgan fingerprint density at radius 2 is 2.31 bits per heavy atom. The number of hydrogen-bond acceptors (Lipinski definition) is 3. The predicted octanol–water partition coefficient (Wildman–Crippen LogP) is 2.69. The molecule has 0 radical (unpaired) electrons. The van der Waals surface area contributed by atoms with Crippen molar-refractivity contribution in [3.8, 4) is 6.07 Å². The molecule has 0 saturated carbocycles. The normalized spacial score (nSPS) is 13.8. The lowest BCUT2D eigenvalue weighted by atomic mass is 9.92. The highest BCUT2D eigenvalue weighted by Gasteiger charge is 2.22. The summed E-state index contributed by atoms with van der Waals surface area (Å²) < 4.78 is 0. The van der Waals surface area contributed by atoms with E-state index >= 15 is 0 Å². The summed E-state index contributed by atoms with van der Waals surface area (Å²) in [7, 11) is 0. The van der Waals surface area contributed by atoms with E-state index < -0.39 is 5.92 Å². The molecule has 0 aromatic carbocycles. The van der Waals surface area contributed by atoms with Crippen molar-refractivity contribution >= 4 is 5.78 Å². The third kappa shape index (κ3) is 3.16. The molecular weight excluding hydrogens is 200 g/mol. The van der Waals surface area contributed by atoms with Crippen LogP contribution in [0.5, 0.6) is 0 Å². The van der Waals surface area contributed by atoms with Crippen LogP contribution in [0.4, 0.5) is 0 Å². The quantitative estimate of drug-likeness (QED) is 0.760. The van der Waals surface area contributed by atoms with Crippen molar-refractivity contribution in [2.75, 3.05) is 0 Å². The van der Waals surface area contributed by atoms with E-state index in [-0.39, 0.29) is 5.78 Å². The molecule has 1 rings (SSSR count). The minimum atomic E-state index is -0.713. The van der Waals surface area contributed by atoms with Gasteiger partial charge in [-0.25, -0.2) is 0 Å². The van der Waals surface area contributed by atoms with E-state index in [1.54, 1.807) is 24.4 Å². The third-order valence-electron chi connectivity index (χ3n) is 2.68. The van der Waals surface area contributed by atoms with Crippen molar-refractivity contribution in [3.63, 3.8) is 0 Å². The van der Waals surface area contributed by atoms with Gasteiger partial charge in [-0.05, 0) is 18.1 Å². The van der Waals surface area contributed by atoms with Gasteiger partial charge in [-0.2, -0.15) is 5.26 Å². The highest BCUT2D eigenvalue weighted by Crippen LogP contribution is 2.18. The lowest BCUT2D eigenvalue weighted by Gasteiger charge is -2.10. The van der Waals surface area contributed by atoms with Crippen molar-refractivity contribution in [1.82, 2.24) is 4.98 Å². The van der Waals surface area contributed by atoms with E-state index in [0.29, 0.717) is 18.0 Å². The molecule has 0 saturated heterocycles. The summed E-state index contributed by atoms with van der Waals surface area (Å²) in [6.45, 7) is 4.06. The fourth-order valence-electron chi connectivity index (χ4n) is 1.46. The minimum Gasteiger partial charge on any atom is -0.298 e. The van der Waals surface area contributed by atoms with Crippen LogP contribution in [0.2, 0.25) is 0 Å². The molecule has 0 aliphatic heterocycles. The van der Waals surface area contributed by atoms with E-state index in [2.05, 4.69) is 4.98 Å². The molecule has 16 heavy (non-hydrogen) atoms. The molecule has 2 unspecified atom stereocenters. The molecule has 84 valence electrons. The first-order chi connectivity index (χ1) is 7.69. The first-order valence-electron chi connectivity index (χ1n) is 5.52.